The summed E-state index contributed by atoms with van der Waals surface area (Å²) < 4.78 is 5.31. The smallest absolute Gasteiger partial charge is 0.338 e. The Morgan fingerprint density at radius 1 is 1.16 bits per heavy atom. The molecule has 4 nitrogen and oxygen atoms in total. The summed E-state index contributed by atoms with van der Waals surface area (Å²) in [5, 5.41) is 9.63. The summed E-state index contributed by atoms with van der Waals surface area (Å²) in [6.45, 7) is 12.9. The molecule has 0 saturated heterocycles. The highest BCUT2D eigenvalue weighted by Crippen LogP contribution is 2.30. The summed E-state index contributed by atoms with van der Waals surface area (Å²) in [5.74, 6) is -0.402. The Morgan fingerprint density at radius 3 is 2.28 bits per heavy atom. The predicted octanol–water partition coefficient (Wildman–Crippen LogP) is 5.17. The van der Waals surface area contributed by atoms with Crippen LogP contribution in [-0.2, 0) is 4.74 Å². The number of aliphatic imine (C=N–C) groups is 1. The van der Waals surface area contributed by atoms with Crippen molar-refractivity contribution in [1.29, 1.82) is 5.26 Å². The van der Waals surface area contributed by atoms with Crippen molar-refractivity contribution in [2.75, 3.05) is 6.61 Å². The van der Waals surface area contributed by atoms with E-state index < -0.39 is 11.5 Å². The van der Waals surface area contributed by atoms with Crippen LogP contribution in [0.1, 0.15) is 76.7 Å². The zero-order valence-corrected chi connectivity index (χ0v) is 16.3. The minimum absolute atomic E-state index is 0.0895. The maximum Gasteiger partial charge on any atom is 0.338 e. The lowest BCUT2D eigenvalue weighted by Gasteiger charge is -2.29. The number of ether oxygens (including phenoxy) is 1. The third-order valence-electron chi connectivity index (χ3n) is 3.62. The average molecular weight is 342 g/mol. The van der Waals surface area contributed by atoms with Crippen molar-refractivity contribution in [1.82, 2.24) is 0 Å². The summed E-state index contributed by atoms with van der Waals surface area (Å²) in [6, 6.07) is 9.19. The van der Waals surface area contributed by atoms with Gasteiger partial charge in [0.2, 0.25) is 0 Å². The molecule has 0 atom stereocenters. The van der Waals surface area contributed by atoms with Crippen molar-refractivity contribution < 1.29 is 9.53 Å². The van der Waals surface area contributed by atoms with Crippen molar-refractivity contribution in [2.45, 2.75) is 66.3 Å². The van der Waals surface area contributed by atoms with Crippen LogP contribution >= 0.6 is 0 Å². The van der Waals surface area contributed by atoms with E-state index in [0.717, 1.165) is 19.3 Å². The van der Waals surface area contributed by atoms with Crippen LogP contribution in [0.5, 0.6) is 0 Å². The first kappa shape index (κ1) is 20.9. The van der Waals surface area contributed by atoms with Crippen molar-refractivity contribution in [2.24, 2.45) is 10.4 Å². The van der Waals surface area contributed by atoms with Gasteiger partial charge in [0.1, 0.15) is 11.8 Å². The lowest BCUT2D eigenvalue weighted by atomic mass is 9.82. The Hall–Kier alpha value is -2.15. The second-order valence-corrected chi connectivity index (χ2v) is 8.16. The van der Waals surface area contributed by atoms with E-state index in [1.807, 2.05) is 26.8 Å². The van der Waals surface area contributed by atoms with Gasteiger partial charge in [0.05, 0.1) is 17.7 Å². The first-order chi connectivity index (χ1) is 11.6. The number of carbonyl (C=O) groups is 1. The largest absolute Gasteiger partial charge is 0.462 e. The molecule has 0 radical (unpaired) electrons. The van der Waals surface area contributed by atoms with Crippen molar-refractivity contribution in [3.05, 3.63) is 35.4 Å². The predicted molar refractivity (Wildman–Crippen MR) is 102 cm³/mol. The van der Waals surface area contributed by atoms with Gasteiger partial charge in [0.25, 0.3) is 0 Å². The van der Waals surface area contributed by atoms with Crippen LogP contribution in [0.25, 0.3) is 0 Å². The number of rotatable bonds is 7. The molecule has 0 amide bonds. The summed E-state index contributed by atoms with van der Waals surface area (Å²) in [4.78, 5) is 17.0. The molecule has 0 bridgehead atoms. The van der Waals surface area contributed by atoms with Gasteiger partial charge in [-0.25, -0.2) is 4.79 Å². The second-order valence-electron chi connectivity index (χ2n) is 8.16. The molecule has 1 rings (SSSR count). The highest BCUT2D eigenvalue weighted by Gasteiger charge is 2.26. The Kier molecular flexibility index (Phi) is 7.36. The molecule has 0 aromatic heterocycles. The first-order valence-electron chi connectivity index (χ1n) is 8.86. The monoisotopic (exact) mass is 342 g/mol. The van der Waals surface area contributed by atoms with Gasteiger partial charge in [0, 0.05) is 5.56 Å². The van der Waals surface area contributed by atoms with E-state index in [-0.39, 0.29) is 11.1 Å². The van der Waals surface area contributed by atoms with Gasteiger partial charge in [-0.1, -0.05) is 52.3 Å². The molecule has 25 heavy (non-hydrogen) atoms. The molecule has 1 aromatic carbocycles. The minimum Gasteiger partial charge on any atom is -0.462 e. The molecule has 4 heteroatoms. The van der Waals surface area contributed by atoms with Crippen LogP contribution in [-0.4, -0.2) is 23.8 Å². The number of nitriles is 1. The third kappa shape index (κ3) is 7.09. The van der Waals surface area contributed by atoms with E-state index in [1.54, 1.807) is 18.2 Å². The Morgan fingerprint density at radius 2 is 1.76 bits per heavy atom. The molecule has 136 valence electrons. The number of hydrogen-bond acceptors (Lipinski definition) is 4. The molecular weight excluding hydrogens is 312 g/mol. The standard InChI is InChI=1S/C21H30N2O2/c1-7-8-13-25-19(24)17-12-10-9-11-16(17)18(14-22)23-21(5,6)15-20(2,3)4/h9-12H,7-8,13,15H2,1-6H3. The van der Waals surface area contributed by atoms with E-state index in [4.69, 9.17) is 4.74 Å². The Balaban J connectivity index is 3.18. The summed E-state index contributed by atoms with van der Waals surface area (Å²) in [7, 11) is 0. The highest BCUT2D eigenvalue weighted by molar-refractivity contribution is 6.16. The molecule has 0 saturated carbocycles. The SMILES string of the molecule is CCCCOC(=O)c1ccccc1C(C#N)=NC(C)(C)CC(C)(C)C. The van der Waals surface area contributed by atoms with Gasteiger partial charge in [-0.15, -0.1) is 0 Å². The fourth-order valence-electron chi connectivity index (χ4n) is 3.04. The fraction of sp³-hybridized carbons (Fsp3) is 0.571. The second kappa shape index (κ2) is 8.80. The lowest BCUT2D eigenvalue weighted by molar-refractivity contribution is 0.0499. The van der Waals surface area contributed by atoms with Gasteiger partial charge in [-0.3, -0.25) is 4.99 Å². The Bertz CT molecular complexity index is 661. The number of nitrogens with zero attached hydrogens (tertiary/aromatic N) is 2. The fourth-order valence-corrected chi connectivity index (χ4v) is 3.04. The molecular formula is C21H30N2O2. The number of benzene rings is 1. The molecule has 0 spiro atoms. The van der Waals surface area contributed by atoms with Gasteiger partial charge in [-0.2, -0.15) is 5.26 Å². The van der Waals surface area contributed by atoms with Crippen molar-refractivity contribution in [3.63, 3.8) is 0 Å². The molecule has 1 aromatic rings. The minimum atomic E-state index is -0.402. The quantitative estimate of drug-likeness (QED) is 0.390. The van der Waals surface area contributed by atoms with Crippen molar-refractivity contribution in [3.8, 4) is 6.07 Å². The number of hydrogen-bond donors (Lipinski definition) is 0. The zero-order chi connectivity index (χ0) is 19.1. The van der Waals surface area contributed by atoms with Gasteiger partial charge >= 0.3 is 5.97 Å². The van der Waals surface area contributed by atoms with Crippen LogP contribution in [0.3, 0.4) is 0 Å². The summed E-state index contributed by atoms with van der Waals surface area (Å²) in [6.07, 6.45) is 2.61. The van der Waals surface area contributed by atoms with Crippen LogP contribution in [0.4, 0.5) is 0 Å². The molecule has 0 fully saturated rings. The van der Waals surface area contributed by atoms with Crippen molar-refractivity contribution >= 4 is 11.7 Å². The number of unbranched alkanes of at least 4 members (excludes halogenated alkanes) is 1. The van der Waals surface area contributed by atoms with E-state index in [0.29, 0.717) is 17.7 Å². The lowest BCUT2D eigenvalue weighted by Crippen LogP contribution is -2.27. The van der Waals surface area contributed by atoms with Crippen LogP contribution in [0.15, 0.2) is 29.3 Å². The maximum absolute atomic E-state index is 12.4. The van der Waals surface area contributed by atoms with Gasteiger partial charge in [0.15, 0.2) is 0 Å². The molecule has 0 unspecified atom stereocenters. The van der Waals surface area contributed by atoms with Gasteiger partial charge < -0.3 is 4.74 Å². The number of carbonyl (C=O) groups excluding carboxylic acids is 1. The summed E-state index contributed by atoms with van der Waals surface area (Å²) >= 11 is 0. The zero-order valence-electron chi connectivity index (χ0n) is 16.3. The molecule has 0 N–H and O–H groups in total. The normalized spacial score (nSPS) is 12.6. The van der Waals surface area contributed by atoms with E-state index >= 15 is 0 Å². The van der Waals surface area contributed by atoms with Crippen LogP contribution < -0.4 is 0 Å². The topological polar surface area (TPSA) is 62.5 Å². The maximum atomic E-state index is 12.4. The molecule has 0 aliphatic carbocycles. The van der Waals surface area contributed by atoms with Crippen LogP contribution in [0.2, 0.25) is 0 Å². The molecule has 0 aliphatic heterocycles. The third-order valence-corrected chi connectivity index (χ3v) is 3.62. The van der Waals surface area contributed by atoms with E-state index in [9.17, 15) is 10.1 Å². The Labute approximate surface area is 151 Å². The van der Waals surface area contributed by atoms with E-state index in [2.05, 4.69) is 31.8 Å². The first-order valence-corrected chi connectivity index (χ1v) is 8.86. The number of esters is 1. The summed E-state index contributed by atoms with van der Waals surface area (Å²) in [5.41, 5.74) is 0.894. The van der Waals surface area contributed by atoms with Gasteiger partial charge in [-0.05, 0) is 38.2 Å². The van der Waals surface area contributed by atoms with Crippen LogP contribution in [0, 0.1) is 16.7 Å². The average Bonchev–Trinajstić information content (AvgIpc) is 2.50. The molecule has 0 heterocycles. The highest BCUT2D eigenvalue weighted by atomic mass is 16.5. The van der Waals surface area contributed by atoms with E-state index in [1.165, 1.54) is 0 Å². The molecule has 0 aliphatic rings.